The highest BCUT2D eigenvalue weighted by Crippen LogP contribution is 2.44. The summed E-state index contributed by atoms with van der Waals surface area (Å²) in [6.07, 6.45) is 0.368. The van der Waals surface area contributed by atoms with E-state index in [0.717, 1.165) is 51.2 Å². The van der Waals surface area contributed by atoms with Gasteiger partial charge in [0.15, 0.2) is 0 Å². The summed E-state index contributed by atoms with van der Waals surface area (Å²) in [6, 6.07) is 8.48. The fourth-order valence-electron chi connectivity index (χ4n) is 3.68. The van der Waals surface area contributed by atoms with E-state index in [1.54, 1.807) is 12.1 Å². The molecule has 0 aromatic heterocycles. The monoisotopic (exact) mass is 398 g/mol. The van der Waals surface area contributed by atoms with Crippen molar-refractivity contribution in [3.8, 4) is 11.1 Å². The van der Waals surface area contributed by atoms with Crippen LogP contribution in [0.15, 0.2) is 66.4 Å². The van der Waals surface area contributed by atoms with Crippen molar-refractivity contribution in [2.45, 2.75) is 39.4 Å². The zero-order chi connectivity index (χ0) is 21.3. The van der Waals surface area contributed by atoms with Gasteiger partial charge in [0.25, 0.3) is 0 Å². The van der Waals surface area contributed by atoms with E-state index in [1.165, 1.54) is 12.1 Å². The summed E-state index contributed by atoms with van der Waals surface area (Å²) in [7, 11) is 0. The minimum absolute atomic E-state index is 0.0519. The molecule has 2 nitrogen and oxygen atoms in total. The summed E-state index contributed by atoms with van der Waals surface area (Å²) >= 11 is 0. The van der Waals surface area contributed by atoms with Gasteiger partial charge in [-0.05, 0) is 59.7 Å². The lowest BCUT2D eigenvalue weighted by molar-refractivity contribution is -0.149. The summed E-state index contributed by atoms with van der Waals surface area (Å²) in [5.41, 5.74) is 13.3. The van der Waals surface area contributed by atoms with Crippen molar-refractivity contribution in [1.82, 2.24) is 0 Å². The Morgan fingerprint density at radius 3 is 2.31 bits per heavy atom. The van der Waals surface area contributed by atoms with E-state index in [9.17, 15) is 13.2 Å². The van der Waals surface area contributed by atoms with Gasteiger partial charge >= 0.3 is 6.18 Å². The van der Waals surface area contributed by atoms with Crippen LogP contribution in [0.2, 0.25) is 0 Å². The number of allylic oxidation sites excluding steroid dienone is 4. The van der Waals surface area contributed by atoms with Crippen molar-refractivity contribution < 1.29 is 13.2 Å². The van der Waals surface area contributed by atoms with Gasteiger partial charge in [-0.25, -0.2) is 0 Å². The van der Waals surface area contributed by atoms with E-state index < -0.39 is 12.2 Å². The molecular weight excluding hydrogens is 373 g/mol. The maximum absolute atomic E-state index is 13.0. The van der Waals surface area contributed by atoms with Gasteiger partial charge in [0.05, 0.1) is 0 Å². The minimum Gasteiger partial charge on any atom is -0.355 e. The predicted octanol–water partition coefficient (Wildman–Crippen LogP) is 6.77. The van der Waals surface area contributed by atoms with Crippen LogP contribution in [0, 0.1) is 0 Å². The number of aryl methyl sites for hydroxylation is 1. The van der Waals surface area contributed by atoms with Crippen molar-refractivity contribution in [3.05, 3.63) is 83.1 Å². The van der Waals surface area contributed by atoms with Crippen LogP contribution in [0.1, 0.15) is 43.5 Å². The Hall–Kier alpha value is -2.79. The van der Waals surface area contributed by atoms with Gasteiger partial charge in [-0.2, -0.15) is 13.2 Å². The normalized spacial score (nSPS) is 15.5. The van der Waals surface area contributed by atoms with Gasteiger partial charge < -0.3 is 11.1 Å². The van der Waals surface area contributed by atoms with E-state index in [-0.39, 0.29) is 5.56 Å². The number of alkyl halides is 3. The molecule has 1 aliphatic rings. The van der Waals surface area contributed by atoms with Crippen molar-refractivity contribution in [3.63, 3.8) is 0 Å². The fourth-order valence-corrected chi connectivity index (χ4v) is 3.68. The van der Waals surface area contributed by atoms with Crippen molar-refractivity contribution in [2.75, 3.05) is 5.32 Å². The number of rotatable bonds is 4. The quantitative estimate of drug-likeness (QED) is 0.597. The number of halogens is 3. The maximum atomic E-state index is 13.0. The lowest BCUT2D eigenvalue weighted by Gasteiger charge is -2.28. The first-order valence-electron chi connectivity index (χ1n) is 9.57. The Morgan fingerprint density at radius 1 is 1.10 bits per heavy atom. The number of anilines is 1. The first-order chi connectivity index (χ1) is 13.7. The number of fused-ring (bicyclic) bond motifs is 1. The molecule has 0 radical (unpaired) electrons. The molecule has 0 amide bonds. The summed E-state index contributed by atoms with van der Waals surface area (Å²) in [5, 5.41) is 3.35. The summed E-state index contributed by atoms with van der Waals surface area (Å²) in [4.78, 5) is 0. The minimum atomic E-state index is -4.47. The Kier molecular flexibility index (Phi) is 5.71. The van der Waals surface area contributed by atoms with Gasteiger partial charge in [0.1, 0.15) is 6.04 Å². The molecule has 2 aromatic carbocycles. The average molecular weight is 398 g/mol. The second kappa shape index (κ2) is 7.91. The third kappa shape index (κ3) is 3.87. The second-order valence-corrected chi connectivity index (χ2v) is 7.16. The number of benzene rings is 2. The maximum Gasteiger partial charge on any atom is 0.407 e. The predicted molar refractivity (Wildman–Crippen MR) is 114 cm³/mol. The number of hydrogen-bond donors (Lipinski definition) is 2. The van der Waals surface area contributed by atoms with Crippen LogP contribution in [-0.2, 0) is 6.42 Å². The highest BCUT2D eigenvalue weighted by molar-refractivity contribution is 5.98. The Balaban J connectivity index is 2.21. The largest absolute Gasteiger partial charge is 0.407 e. The fraction of sp³-hybridized carbons (Fsp3) is 0.250. The molecule has 1 atom stereocenters. The zero-order valence-corrected chi connectivity index (χ0v) is 16.8. The molecular formula is C24H25F3N2. The van der Waals surface area contributed by atoms with Gasteiger partial charge in [0, 0.05) is 16.9 Å². The van der Waals surface area contributed by atoms with Crippen LogP contribution in [0.5, 0.6) is 0 Å². The van der Waals surface area contributed by atoms with Crippen molar-refractivity contribution >= 4 is 11.3 Å². The Bertz CT molecular complexity index is 996. The van der Waals surface area contributed by atoms with E-state index >= 15 is 0 Å². The number of hydrogen-bond acceptors (Lipinski definition) is 2. The molecule has 1 heterocycles. The molecule has 0 aliphatic carbocycles. The van der Waals surface area contributed by atoms with Gasteiger partial charge in [-0.1, -0.05) is 56.0 Å². The van der Waals surface area contributed by atoms with Crippen LogP contribution >= 0.6 is 0 Å². The van der Waals surface area contributed by atoms with Crippen LogP contribution in [0.25, 0.3) is 16.7 Å². The number of nitrogens with one attached hydrogen (secondary N) is 1. The second-order valence-electron chi connectivity index (χ2n) is 7.16. The molecule has 0 saturated heterocycles. The zero-order valence-electron chi connectivity index (χ0n) is 16.8. The molecule has 29 heavy (non-hydrogen) atoms. The number of nitrogens with two attached hydrogens (primary N) is 1. The topological polar surface area (TPSA) is 38.0 Å². The Morgan fingerprint density at radius 2 is 1.76 bits per heavy atom. The molecule has 5 heteroatoms. The third-order valence-corrected chi connectivity index (χ3v) is 5.33. The van der Waals surface area contributed by atoms with Gasteiger partial charge in [-0.3, -0.25) is 0 Å². The molecule has 152 valence electrons. The molecule has 0 fully saturated rings. The van der Waals surface area contributed by atoms with Crippen LogP contribution < -0.4 is 11.1 Å². The molecule has 3 N–H and O–H groups in total. The van der Waals surface area contributed by atoms with Crippen LogP contribution in [-0.4, -0.2) is 6.18 Å². The Labute approximate surface area is 169 Å². The van der Waals surface area contributed by atoms with Crippen LogP contribution in [0.4, 0.5) is 18.9 Å². The highest BCUT2D eigenvalue weighted by Gasteiger charge is 2.37. The first-order valence-corrected chi connectivity index (χ1v) is 9.57. The van der Waals surface area contributed by atoms with Gasteiger partial charge in [-0.15, -0.1) is 0 Å². The van der Waals surface area contributed by atoms with E-state index in [1.807, 2.05) is 26.0 Å². The molecule has 3 rings (SSSR count). The SMILES string of the molecule is C=C1Nc2ccc(CC)c(-c3ccc(C(N)C(F)(F)F)cc3)c2C(/C=C\C)=C1C. The van der Waals surface area contributed by atoms with Gasteiger partial charge in [0.2, 0.25) is 0 Å². The molecule has 0 spiro atoms. The van der Waals surface area contributed by atoms with E-state index in [2.05, 4.69) is 31.0 Å². The molecule has 2 aromatic rings. The summed E-state index contributed by atoms with van der Waals surface area (Å²) < 4.78 is 38.9. The van der Waals surface area contributed by atoms with E-state index in [4.69, 9.17) is 5.73 Å². The first kappa shape index (κ1) is 20.9. The molecule has 1 unspecified atom stereocenters. The van der Waals surface area contributed by atoms with E-state index in [0.29, 0.717) is 0 Å². The van der Waals surface area contributed by atoms with Crippen molar-refractivity contribution in [2.24, 2.45) is 5.73 Å². The summed E-state index contributed by atoms with van der Waals surface area (Å²) in [6.45, 7) is 10.1. The summed E-state index contributed by atoms with van der Waals surface area (Å²) in [5.74, 6) is 0. The third-order valence-electron chi connectivity index (χ3n) is 5.33. The highest BCUT2D eigenvalue weighted by atomic mass is 19.4. The van der Waals surface area contributed by atoms with Crippen LogP contribution in [0.3, 0.4) is 0 Å². The molecule has 0 bridgehead atoms. The molecule has 1 aliphatic heterocycles. The lowest BCUT2D eigenvalue weighted by atomic mass is 9.83. The standard InChI is InChI=1S/C24H25F3N2/c1-5-7-19-14(3)15(4)29-20-13-12-16(6-2)21(22(19)20)17-8-10-18(11-9-17)23(28)24(25,26)27/h5,7-13,23,29H,4,6,28H2,1-3H3/b7-5-. The average Bonchev–Trinajstić information content (AvgIpc) is 2.69. The smallest absolute Gasteiger partial charge is 0.355 e. The lowest BCUT2D eigenvalue weighted by Crippen LogP contribution is -2.28. The van der Waals surface area contributed by atoms with Crippen molar-refractivity contribution in [1.29, 1.82) is 0 Å². The molecule has 0 saturated carbocycles.